The largest absolute Gasteiger partial charge is 0.305 e. The maximum Gasteiger partial charge on any atom is 0.123 e. The smallest absolute Gasteiger partial charge is 0.123 e. The molecule has 1 aromatic heterocycles. The van der Waals surface area contributed by atoms with E-state index in [2.05, 4.69) is 50.2 Å². The number of hydrogen-bond acceptors (Lipinski definition) is 2. The third kappa shape index (κ3) is 3.63. The van der Waals surface area contributed by atoms with Gasteiger partial charge in [-0.05, 0) is 62.5 Å². The molecule has 1 heterocycles. The SMILES string of the molecule is C[C@@H](NCc1cc(Br)c(Br)s1)c1ccc(F)cc1. The van der Waals surface area contributed by atoms with E-state index in [0.717, 1.165) is 20.4 Å². The second-order valence-corrected chi connectivity index (χ2v) is 7.30. The molecule has 1 atom stereocenters. The first-order valence-electron chi connectivity index (χ1n) is 5.49. The Morgan fingerprint density at radius 3 is 2.50 bits per heavy atom. The van der Waals surface area contributed by atoms with Gasteiger partial charge in [-0.1, -0.05) is 12.1 Å². The number of hydrogen-bond donors (Lipinski definition) is 1. The van der Waals surface area contributed by atoms with Crippen LogP contribution in [-0.4, -0.2) is 0 Å². The molecule has 1 aromatic carbocycles. The van der Waals surface area contributed by atoms with Crippen molar-refractivity contribution in [1.82, 2.24) is 5.32 Å². The fourth-order valence-corrected chi connectivity index (χ4v) is 3.73. The second-order valence-electron chi connectivity index (χ2n) is 3.99. The topological polar surface area (TPSA) is 12.0 Å². The van der Waals surface area contributed by atoms with Gasteiger partial charge in [-0.3, -0.25) is 0 Å². The predicted octanol–water partition coefficient (Wildman–Crippen LogP) is 5.26. The third-order valence-electron chi connectivity index (χ3n) is 2.65. The van der Waals surface area contributed by atoms with Gasteiger partial charge in [0.1, 0.15) is 5.82 Å². The first kappa shape index (κ1) is 14.2. The Bertz CT molecular complexity index is 505. The maximum absolute atomic E-state index is 12.8. The molecular formula is C13H12Br2FNS. The van der Waals surface area contributed by atoms with Crippen molar-refractivity contribution in [3.63, 3.8) is 0 Å². The monoisotopic (exact) mass is 391 g/mol. The summed E-state index contributed by atoms with van der Waals surface area (Å²) in [4.78, 5) is 1.25. The fourth-order valence-electron chi connectivity index (χ4n) is 1.60. The van der Waals surface area contributed by atoms with E-state index in [-0.39, 0.29) is 11.9 Å². The van der Waals surface area contributed by atoms with Crippen molar-refractivity contribution in [3.05, 3.63) is 54.8 Å². The standard InChI is InChI=1S/C13H12Br2FNS/c1-8(9-2-4-10(16)5-3-9)17-7-11-6-12(14)13(15)18-11/h2-6,8,17H,7H2,1H3/t8-/m1/s1. The molecule has 0 aliphatic rings. The normalized spacial score (nSPS) is 12.7. The van der Waals surface area contributed by atoms with E-state index >= 15 is 0 Å². The van der Waals surface area contributed by atoms with E-state index in [1.807, 2.05) is 12.1 Å². The zero-order chi connectivity index (χ0) is 13.1. The lowest BCUT2D eigenvalue weighted by Gasteiger charge is -2.13. The van der Waals surface area contributed by atoms with Crippen molar-refractivity contribution in [2.24, 2.45) is 0 Å². The lowest BCUT2D eigenvalue weighted by molar-refractivity contribution is 0.575. The first-order chi connectivity index (χ1) is 8.56. The summed E-state index contributed by atoms with van der Waals surface area (Å²) < 4.78 is 15.0. The van der Waals surface area contributed by atoms with Gasteiger partial charge in [-0.25, -0.2) is 4.39 Å². The Hall–Kier alpha value is -0.230. The minimum atomic E-state index is -0.197. The van der Waals surface area contributed by atoms with Crippen LogP contribution in [-0.2, 0) is 6.54 Å². The van der Waals surface area contributed by atoms with Crippen LogP contribution in [0.4, 0.5) is 4.39 Å². The summed E-state index contributed by atoms with van der Waals surface area (Å²) >= 11 is 8.65. The molecule has 0 amide bonds. The lowest BCUT2D eigenvalue weighted by Crippen LogP contribution is -2.17. The molecule has 0 bridgehead atoms. The highest BCUT2D eigenvalue weighted by molar-refractivity contribution is 9.13. The Labute approximate surface area is 127 Å². The molecule has 0 saturated heterocycles. The highest BCUT2D eigenvalue weighted by Gasteiger charge is 2.07. The van der Waals surface area contributed by atoms with Crippen LogP contribution in [0.25, 0.3) is 0 Å². The summed E-state index contributed by atoms with van der Waals surface area (Å²) in [5.41, 5.74) is 1.09. The van der Waals surface area contributed by atoms with Gasteiger partial charge in [-0.2, -0.15) is 0 Å². The molecular weight excluding hydrogens is 381 g/mol. The van der Waals surface area contributed by atoms with Crippen LogP contribution in [0.15, 0.2) is 38.6 Å². The minimum absolute atomic E-state index is 0.197. The van der Waals surface area contributed by atoms with E-state index < -0.39 is 0 Å². The van der Waals surface area contributed by atoms with Crippen molar-refractivity contribution >= 4 is 43.2 Å². The van der Waals surface area contributed by atoms with Gasteiger partial charge in [0.2, 0.25) is 0 Å². The van der Waals surface area contributed by atoms with Crippen molar-refractivity contribution in [1.29, 1.82) is 0 Å². The van der Waals surface area contributed by atoms with Crippen LogP contribution in [0.5, 0.6) is 0 Å². The van der Waals surface area contributed by atoms with Crippen LogP contribution in [0.1, 0.15) is 23.4 Å². The van der Waals surface area contributed by atoms with E-state index in [9.17, 15) is 4.39 Å². The number of rotatable bonds is 4. The minimum Gasteiger partial charge on any atom is -0.305 e. The zero-order valence-corrected chi connectivity index (χ0v) is 13.7. The summed E-state index contributed by atoms with van der Waals surface area (Å²) in [6.07, 6.45) is 0. The highest BCUT2D eigenvalue weighted by Crippen LogP contribution is 2.32. The fraction of sp³-hybridized carbons (Fsp3) is 0.231. The molecule has 0 saturated carbocycles. The molecule has 2 rings (SSSR count). The Kier molecular flexibility index (Phi) is 4.95. The number of thiophene rings is 1. The number of nitrogens with one attached hydrogen (secondary N) is 1. The molecule has 2 aromatic rings. The van der Waals surface area contributed by atoms with E-state index in [1.165, 1.54) is 17.0 Å². The average Bonchev–Trinajstić information content (AvgIpc) is 2.67. The van der Waals surface area contributed by atoms with Crippen molar-refractivity contribution in [2.75, 3.05) is 0 Å². The molecule has 5 heteroatoms. The Morgan fingerprint density at radius 2 is 1.94 bits per heavy atom. The van der Waals surface area contributed by atoms with Crippen LogP contribution >= 0.6 is 43.2 Å². The zero-order valence-electron chi connectivity index (χ0n) is 9.71. The molecule has 96 valence electrons. The van der Waals surface area contributed by atoms with Gasteiger partial charge in [0.25, 0.3) is 0 Å². The van der Waals surface area contributed by atoms with Gasteiger partial charge in [-0.15, -0.1) is 11.3 Å². The van der Waals surface area contributed by atoms with Crippen molar-refractivity contribution in [2.45, 2.75) is 19.5 Å². The van der Waals surface area contributed by atoms with E-state index in [1.54, 1.807) is 11.3 Å². The van der Waals surface area contributed by atoms with Gasteiger partial charge < -0.3 is 5.32 Å². The molecule has 0 aliphatic heterocycles. The summed E-state index contributed by atoms with van der Waals surface area (Å²) in [7, 11) is 0. The Balaban J connectivity index is 1.95. The molecule has 0 unspecified atom stereocenters. The predicted molar refractivity (Wildman–Crippen MR) is 81.4 cm³/mol. The van der Waals surface area contributed by atoms with Gasteiger partial charge >= 0.3 is 0 Å². The molecule has 0 fully saturated rings. The van der Waals surface area contributed by atoms with Crippen molar-refractivity contribution < 1.29 is 4.39 Å². The van der Waals surface area contributed by atoms with Crippen LogP contribution in [0.3, 0.4) is 0 Å². The molecule has 1 nitrogen and oxygen atoms in total. The Morgan fingerprint density at radius 1 is 1.28 bits per heavy atom. The lowest BCUT2D eigenvalue weighted by atomic mass is 10.1. The summed E-state index contributed by atoms with van der Waals surface area (Å²) in [5.74, 6) is -0.197. The van der Waals surface area contributed by atoms with Crippen molar-refractivity contribution in [3.8, 4) is 0 Å². The van der Waals surface area contributed by atoms with E-state index in [0.29, 0.717) is 0 Å². The summed E-state index contributed by atoms with van der Waals surface area (Å²) in [6, 6.07) is 8.90. The maximum atomic E-state index is 12.8. The molecule has 0 spiro atoms. The third-order valence-corrected chi connectivity index (χ3v) is 5.90. The molecule has 0 radical (unpaired) electrons. The molecule has 1 N–H and O–H groups in total. The second kappa shape index (κ2) is 6.28. The summed E-state index contributed by atoms with van der Waals surface area (Å²) in [5, 5.41) is 3.42. The summed E-state index contributed by atoms with van der Waals surface area (Å²) in [6.45, 7) is 2.87. The molecule has 18 heavy (non-hydrogen) atoms. The van der Waals surface area contributed by atoms with Gasteiger partial charge in [0, 0.05) is 21.9 Å². The van der Waals surface area contributed by atoms with Gasteiger partial charge in [0.05, 0.1) is 3.79 Å². The number of halogens is 3. The van der Waals surface area contributed by atoms with Crippen LogP contribution < -0.4 is 5.32 Å². The quantitative estimate of drug-likeness (QED) is 0.747. The van der Waals surface area contributed by atoms with Crippen LogP contribution in [0, 0.1) is 5.82 Å². The van der Waals surface area contributed by atoms with E-state index in [4.69, 9.17) is 0 Å². The number of benzene rings is 1. The van der Waals surface area contributed by atoms with Gasteiger partial charge in [0.15, 0.2) is 0 Å². The first-order valence-corrected chi connectivity index (χ1v) is 7.89. The average molecular weight is 393 g/mol. The molecule has 0 aliphatic carbocycles. The van der Waals surface area contributed by atoms with Crippen LogP contribution in [0.2, 0.25) is 0 Å². The highest BCUT2D eigenvalue weighted by atomic mass is 79.9.